The molecule has 196 valence electrons. The first-order valence-corrected chi connectivity index (χ1v) is 14.2. The molecule has 0 aliphatic carbocycles. The average Bonchev–Trinajstić information content (AvgIpc) is 2.93. The highest BCUT2D eigenvalue weighted by Gasteiger charge is 2.26. The summed E-state index contributed by atoms with van der Waals surface area (Å²) in [5.74, 6) is 1.00. The molecule has 2 saturated heterocycles. The SMILES string of the molecule is CC(C)N1CCC(Oc2ccc(CN3CCN(C(c4ccccc4)c4ccc(Cl)cc4)CC3)cc2)CC1. The molecule has 3 aromatic rings. The van der Waals surface area contributed by atoms with Crippen molar-refractivity contribution in [1.82, 2.24) is 14.7 Å². The first-order chi connectivity index (χ1) is 18.0. The summed E-state index contributed by atoms with van der Waals surface area (Å²) >= 11 is 6.19. The van der Waals surface area contributed by atoms with E-state index in [0.29, 0.717) is 12.1 Å². The number of ether oxygens (including phenoxy) is 1. The minimum Gasteiger partial charge on any atom is -0.490 e. The first kappa shape index (κ1) is 26.2. The van der Waals surface area contributed by atoms with Crippen LogP contribution in [0.25, 0.3) is 0 Å². The zero-order valence-corrected chi connectivity index (χ0v) is 23.0. The number of hydrogen-bond donors (Lipinski definition) is 0. The highest BCUT2D eigenvalue weighted by molar-refractivity contribution is 6.30. The van der Waals surface area contributed by atoms with Crippen LogP contribution in [0.4, 0.5) is 0 Å². The smallest absolute Gasteiger partial charge is 0.119 e. The lowest BCUT2D eigenvalue weighted by molar-refractivity contribution is 0.0842. The highest BCUT2D eigenvalue weighted by Crippen LogP contribution is 2.31. The van der Waals surface area contributed by atoms with Gasteiger partial charge in [0.2, 0.25) is 0 Å². The summed E-state index contributed by atoms with van der Waals surface area (Å²) in [7, 11) is 0. The van der Waals surface area contributed by atoms with Gasteiger partial charge in [0.05, 0.1) is 6.04 Å². The van der Waals surface area contributed by atoms with Crippen LogP contribution in [0.3, 0.4) is 0 Å². The topological polar surface area (TPSA) is 19.0 Å². The third kappa shape index (κ3) is 6.94. The summed E-state index contributed by atoms with van der Waals surface area (Å²) in [6.07, 6.45) is 2.57. The number of nitrogens with zero attached hydrogens (tertiary/aromatic N) is 3. The maximum Gasteiger partial charge on any atom is 0.119 e. The van der Waals surface area contributed by atoms with Gasteiger partial charge in [-0.3, -0.25) is 9.80 Å². The number of benzene rings is 3. The monoisotopic (exact) mass is 517 g/mol. The Morgan fingerprint density at radius 3 is 1.97 bits per heavy atom. The number of piperidine rings is 1. The molecule has 2 aliphatic rings. The van der Waals surface area contributed by atoms with Crippen LogP contribution < -0.4 is 4.74 Å². The molecule has 2 fully saturated rings. The number of halogens is 1. The number of rotatable bonds is 8. The van der Waals surface area contributed by atoms with Gasteiger partial charge in [0.15, 0.2) is 0 Å². The number of likely N-dealkylation sites (tertiary alicyclic amines) is 1. The van der Waals surface area contributed by atoms with E-state index in [1.807, 2.05) is 12.1 Å². The Morgan fingerprint density at radius 1 is 0.730 bits per heavy atom. The molecule has 0 radical (unpaired) electrons. The van der Waals surface area contributed by atoms with Gasteiger partial charge in [0.25, 0.3) is 0 Å². The van der Waals surface area contributed by atoms with Crippen molar-refractivity contribution in [1.29, 1.82) is 0 Å². The Labute approximate surface area is 227 Å². The van der Waals surface area contributed by atoms with Crippen molar-refractivity contribution in [2.75, 3.05) is 39.3 Å². The van der Waals surface area contributed by atoms with Crippen LogP contribution in [0, 0.1) is 0 Å². The second kappa shape index (κ2) is 12.4. The van der Waals surface area contributed by atoms with E-state index in [4.69, 9.17) is 16.3 Å². The van der Waals surface area contributed by atoms with Gasteiger partial charge in [-0.25, -0.2) is 0 Å². The fourth-order valence-corrected chi connectivity index (χ4v) is 5.83. The van der Waals surface area contributed by atoms with Crippen LogP contribution in [-0.2, 0) is 6.54 Å². The van der Waals surface area contributed by atoms with Crippen molar-refractivity contribution >= 4 is 11.6 Å². The zero-order valence-electron chi connectivity index (χ0n) is 22.2. The summed E-state index contributed by atoms with van der Waals surface area (Å²) in [6.45, 7) is 12.0. The van der Waals surface area contributed by atoms with Gasteiger partial charge in [0.1, 0.15) is 11.9 Å². The highest BCUT2D eigenvalue weighted by atomic mass is 35.5. The van der Waals surface area contributed by atoms with E-state index in [2.05, 4.69) is 95.3 Å². The molecule has 2 aliphatic heterocycles. The number of hydrogen-bond acceptors (Lipinski definition) is 4. The fraction of sp³-hybridized carbons (Fsp3) is 0.438. The van der Waals surface area contributed by atoms with E-state index < -0.39 is 0 Å². The Kier molecular flexibility index (Phi) is 8.83. The molecule has 1 unspecified atom stereocenters. The minimum atomic E-state index is 0.254. The second-order valence-corrected chi connectivity index (χ2v) is 11.2. The molecule has 0 aromatic heterocycles. The van der Waals surface area contributed by atoms with Gasteiger partial charge in [-0.05, 0) is 67.6 Å². The van der Waals surface area contributed by atoms with Crippen molar-refractivity contribution < 1.29 is 4.74 Å². The molecule has 5 rings (SSSR count). The summed E-state index contributed by atoms with van der Waals surface area (Å²) < 4.78 is 6.30. The van der Waals surface area contributed by atoms with Crippen molar-refractivity contribution in [2.45, 2.75) is 51.4 Å². The summed E-state index contributed by atoms with van der Waals surface area (Å²) in [5, 5.41) is 0.785. The molecule has 0 bridgehead atoms. The third-order valence-electron chi connectivity index (χ3n) is 7.91. The van der Waals surface area contributed by atoms with Crippen LogP contribution in [0.2, 0.25) is 5.02 Å². The molecule has 4 nitrogen and oxygen atoms in total. The van der Waals surface area contributed by atoms with Gasteiger partial charge >= 0.3 is 0 Å². The quantitative estimate of drug-likeness (QED) is 0.339. The van der Waals surface area contributed by atoms with E-state index in [0.717, 1.165) is 69.4 Å². The molecule has 0 N–H and O–H groups in total. The molecule has 0 spiro atoms. The standard InChI is InChI=1S/C32H40ClN3O/c1-25(2)35-18-16-31(17-19-35)37-30-14-8-26(9-15-30)24-34-20-22-36(23-21-34)32(27-6-4-3-5-7-27)28-10-12-29(33)13-11-28/h3-15,25,31-32H,16-24H2,1-2H3. The molecule has 5 heteroatoms. The maximum absolute atomic E-state index is 6.30. The molecule has 1 atom stereocenters. The van der Waals surface area contributed by atoms with Crippen molar-refractivity contribution in [3.05, 3.63) is 101 Å². The third-order valence-corrected chi connectivity index (χ3v) is 8.16. The molecular formula is C32H40ClN3O. The average molecular weight is 518 g/mol. The lowest BCUT2D eigenvalue weighted by Crippen LogP contribution is -2.47. The van der Waals surface area contributed by atoms with Crippen molar-refractivity contribution in [2.24, 2.45) is 0 Å². The van der Waals surface area contributed by atoms with E-state index in [9.17, 15) is 0 Å². The molecule has 0 amide bonds. The Bertz CT molecular complexity index is 1090. The van der Waals surface area contributed by atoms with Crippen LogP contribution in [-0.4, -0.2) is 66.1 Å². The molecule has 37 heavy (non-hydrogen) atoms. The van der Waals surface area contributed by atoms with Crippen LogP contribution >= 0.6 is 11.6 Å². The molecule has 2 heterocycles. The van der Waals surface area contributed by atoms with Crippen LogP contribution in [0.15, 0.2) is 78.9 Å². The van der Waals surface area contributed by atoms with Gasteiger partial charge in [0, 0.05) is 56.9 Å². The van der Waals surface area contributed by atoms with Crippen LogP contribution in [0.1, 0.15) is 49.4 Å². The molecule has 3 aromatic carbocycles. The van der Waals surface area contributed by atoms with Gasteiger partial charge in [-0.1, -0.05) is 66.2 Å². The maximum atomic E-state index is 6.30. The second-order valence-electron chi connectivity index (χ2n) is 10.8. The summed E-state index contributed by atoms with van der Waals surface area (Å²) in [4.78, 5) is 7.72. The van der Waals surface area contributed by atoms with Crippen LogP contribution in [0.5, 0.6) is 5.75 Å². The molecular weight excluding hydrogens is 478 g/mol. The van der Waals surface area contributed by atoms with E-state index in [1.165, 1.54) is 16.7 Å². The predicted octanol–water partition coefficient (Wildman–Crippen LogP) is 6.50. The van der Waals surface area contributed by atoms with Gasteiger partial charge < -0.3 is 9.64 Å². The van der Waals surface area contributed by atoms with E-state index in [-0.39, 0.29) is 6.04 Å². The Hall–Kier alpha value is -2.37. The minimum absolute atomic E-state index is 0.254. The first-order valence-electron chi connectivity index (χ1n) is 13.8. The summed E-state index contributed by atoms with van der Waals surface area (Å²) in [6, 6.07) is 28.9. The lowest BCUT2D eigenvalue weighted by atomic mass is 9.96. The summed E-state index contributed by atoms with van der Waals surface area (Å²) in [5.41, 5.74) is 3.99. The molecule has 0 saturated carbocycles. The van der Waals surface area contributed by atoms with Crippen molar-refractivity contribution in [3.63, 3.8) is 0 Å². The van der Waals surface area contributed by atoms with Gasteiger partial charge in [-0.15, -0.1) is 0 Å². The predicted molar refractivity (Wildman–Crippen MR) is 153 cm³/mol. The van der Waals surface area contributed by atoms with Gasteiger partial charge in [-0.2, -0.15) is 0 Å². The lowest BCUT2D eigenvalue weighted by Gasteiger charge is -2.40. The Balaban J connectivity index is 1.14. The Morgan fingerprint density at radius 2 is 1.35 bits per heavy atom. The largest absolute Gasteiger partial charge is 0.490 e. The number of piperazine rings is 1. The zero-order chi connectivity index (χ0) is 25.6. The normalized spacial score (nSPS) is 19.2. The van der Waals surface area contributed by atoms with E-state index >= 15 is 0 Å². The van der Waals surface area contributed by atoms with Crippen molar-refractivity contribution in [3.8, 4) is 5.75 Å². The fourth-order valence-electron chi connectivity index (χ4n) is 5.71. The van der Waals surface area contributed by atoms with E-state index in [1.54, 1.807) is 0 Å².